The lowest BCUT2D eigenvalue weighted by atomic mass is 10.3. The standard InChI is InChI=1S/C14H13N3S2/c1-15-13-7-6-10(8-16-13)9-18-14-17-11-4-2-3-5-12(11)19-14/h2-8H,9H2,1H3,(H,15,16). The van der Waals surface area contributed by atoms with Crippen LogP contribution in [0.4, 0.5) is 5.82 Å². The second-order valence-electron chi connectivity index (χ2n) is 4.04. The van der Waals surface area contributed by atoms with E-state index < -0.39 is 0 Å². The lowest BCUT2D eigenvalue weighted by Crippen LogP contribution is -1.92. The van der Waals surface area contributed by atoms with E-state index in [4.69, 9.17) is 0 Å². The molecule has 0 aliphatic rings. The quantitative estimate of drug-likeness (QED) is 0.735. The minimum Gasteiger partial charge on any atom is -0.373 e. The molecule has 96 valence electrons. The number of anilines is 1. The zero-order valence-corrected chi connectivity index (χ0v) is 12.1. The van der Waals surface area contributed by atoms with Gasteiger partial charge >= 0.3 is 0 Å². The molecule has 3 aromatic rings. The van der Waals surface area contributed by atoms with Gasteiger partial charge in [0.05, 0.1) is 10.2 Å². The number of nitrogens with zero attached hydrogens (tertiary/aromatic N) is 2. The van der Waals surface area contributed by atoms with E-state index >= 15 is 0 Å². The van der Waals surface area contributed by atoms with Crippen LogP contribution in [0, 0.1) is 0 Å². The van der Waals surface area contributed by atoms with Crippen molar-refractivity contribution in [3.63, 3.8) is 0 Å². The van der Waals surface area contributed by atoms with Crippen LogP contribution in [0.1, 0.15) is 5.56 Å². The molecule has 0 fully saturated rings. The second-order valence-corrected chi connectivity index (χ2v) is 6.29. The van der Waals surface area contributed by atoms with E-state index in [0.717, 1.165) is 21.4 Å². The zero-order valence-electron chi connectivity index (χ0n) is 10.5. The molecule has 3 nitrogen and oxygen atoms in total. The third kappa shape index (κ3) is 2.88. The molecule has 0 aliphatic carbocycles. The lowest BCUT2D eigenvalue weighted by Gasteiger charge is -2.01. The summed E-state index contributed by atoms with van der Waals surface area (Å²) in [6.45, 7) is 0. The van der Waals surface area contributed by atoms with E-state index in [1.807, 2.05) is 25.4 Å². The van der Waals surface area contributed by atoms with Crippen LogP contribution < -0.4 is 5.32 Å². The molecule has 0 spiro atoms. The molecule has 0 unspecified atom stereocenters. The molecule has 3 rings (SSSR count). The first-order valence-corrected chi connectivity index (χ1v) is 7.76. The molecule has 0 amide bonds. The minimum absolute atomic E-state index is 0.897. The number of para-hydroxylation sites is 1. The van der Waals surface area contributed by atoms with Crippen molar-refractivity contribution in [2.24, 2.45) is 0 Å². The predicted molar refractivity (Wildman–Crippen MR) is 83.0 cm³/mol. The van der Waals surface area contributed by atoms with Crippen molar-refractivity contribution in [3.8, 4) is 0 Å². The Morgan fingerprint density at radius 3 is 2.84 bits per heavy atom. The van der Waals surface area contributed by atoms with Crippen molar-refractivity contribution in [1.29, 1.82) is 0 Å². The zero-order chi connectivity index (χ0) is 13.1. The number of thioether (sulfide) groups is 1. The van der Waals surface area contributed by atoms with Crippen molar-refractivity contribution in [3.05, 3.63) is 48.2 Å². The number of hydrogen-bond acceptors (Lipinski definition) is 5. The molecule has 0 saturated carbocycles. The summed E-state index contributed by atoms with van der Waals surface area (Å²) >= 11 is 3.50. The average molecular weight is 287 g/mol. The third-order valence-electron chi connectivity index (χ3n) is 2.72. The van der Waals surface area contributed by atoms with Gasteiger partial charge in [-0.05, 0) is 23.8 Å². The first-order valence-electron chi connectivity index (χ1n) is 5.96. The lowest BCUT2D eigenvalue weighted by molar-refractivity contribution is 1.22. The van der Waals surface area contributed by atoms with Gasteiger partial charge in [0, 0.05) is 19.0 Å². The third-order valence-corrected chi connectivity index (χ3v) is 4.97. The highest BCUT2D eigenvalue weighted by Crippen LogP contribution is 2.31. The van der Waals surface area contributed by atoms with Crippen molar-refractivity contribution in [1.82, 2.24) is 9.97 Å². The molecule has 2 aromatic heterocycles. The molecule has 0 saturated heterocycles. The Kier molecular flexibility index (Phi) is 3.66. The Bertz CT molecular complexity index is 643. The molecule has 5 heteroatoms. The largest absolute Gasteiger partial charge is 0.373 e. The summed E-state index contributed by atoms with van der Waals surface area (Å²) in [5, 5.41) is 3.02. The molecule has 0 atom stereocenters. The smallest absolute Gasteiger partial charge is 0.151 e. The van der Waals surface area contributed by atoms with E-state index in [9.17, 15) is 0 Å². The Morgan fingerprint density at radius 1 is 1.21 bits per heavy atom. The van der Waals surface area contributed by atoms with Gasteiger partial charge in [-0.1, -0.05) is 30.0 Å². The summed E-state index contributed by atoms with van der Waals surface area (Å²) in [5.74, 6) is 1.80. The summed E-state index contributed by atoms with van der Waals surface area (Å²) in [5.41, 5.74) is 2.29. The van der Waals surface area contributed by atoms with Crippen molar-refractivity contribution >= 4 is 39.1 Å². The number of thiazole rings is 1. The van der Waals surface area contributed by atoms with Crippen LogP contribution >= 0.6 is 23.1 Å². The summed E-state index contributed by atoms with van der Waals surface area (Å²) in [4.78, 5) is 8.92. The average Bonchev–Trinajstić information content (AvgIpc) is 2.88. The molecule has 19 heavy (non-hydrogen) atoms. The first kappa shape index (κ1) is 12.4. The molecular weight excluding hydrogens is 274 g/mol. The SMILES string of the molecule is CNc1ccc(CSc2nc3ccccc3s2)cn1. The van der Waals surface area contributed by atoms with Gasteiger partial charge in [0.25, 0.3) is 0 Å². The topological polar surface area (TPSA) is 37.8 Å². The Labute approximate surface area is 120 Å². The van der Waals surface area contributed by atoms with Crippen molar-refractivity contribution in [2.75, 3.05) is 12.4 Å². The molecule has 0 radical (unpaired) electrons. The van der Waals surface area contributed by atoms with Gasteiger partial charge < -0.3 is 5.32 Å². The number of benzene rings is 1. The highest BCUT2D eigenvalue weighted by Gasteiger charge is 2.04. The van der Waals surface area contributed by atoms with Gasteiger partial charge in [-0.25, -0.2) is 9.97 Å². The molecule has 1 aromatic carbocycles. The molecule has 1 N–H and O–H groups in total. The fraction of sp³-hybridized carbons (Fsp3) is 0.143. The number of rotatable bonds is 4. The van der Waals surface area contributed by atoms with Gasteiger partial charge in [0.1, 0.15) is 5.82 Å². The Balaban J connectivity index is 1.70. The van der Waals surface area contributed by atoms with E-state index in [1.165, 1.54) is 10.3 Å². The molecular formula is C14H13N3S2. The molecule has 2 heterocycles. The Morgan fingerprint density at radius 2 is 2.11 bits per heavy atom. The van der Waals surface area contributed by atoms with Crippen molar-refractivity contribution in [2.45, 2.75) is 10.1 Å². The number of fused-ring (bicyclic) bond motifs is 1. The first-order chi connectivity index (χ1) is 9.35. The van der Waals surface area contributed by atoms with Crippen LogP contribution in [0.3, 0.4) is 0 Å². The van der Waals surface area contributed by atoms with E-state index in [0.29, 0.717) is 0 Å². The van der Waals surface area contributed by atoms with Gasteiger partial charge in [-0.2, -0.15) is 0 Å². The van der Waals surface area contributed by atoms with E-state index in [-0.39, 0.29) is 0 Å². The summed E-state index contributed by atoms with van der Waals surface area (Å²) in [6.07, 6.45) is 1.91. The molecule has 0 bridgehead atoms. The van der Waals surface area contributed by atoms with E-state index in [1.54, 1.807) is 23.1 Å². The summed E-state index contributed by atoms with van der Waals surface area (Å²) in [7, 11) is 1.87. The summed E-state index contributed by atoms with van der Waals surface area (Å²) < 4.78 is 2.35. The van der Waals surface area contributed by atoms with E-state index in [2.05, 4.69) is 39.6 Å². The van der Waals surface area contributed by atoms with Gasteiger partial charge in [0.15, 0.2) is 4.34 Å². The summed E-state index contributed by atoms with van der Waals surface area (Å²) in [6, 6.07) is 12.3. The monoisotopic (exact) mass is 287 g/mol. The van der Waals surface area contributed by atoms with Crippen LogP contribution in [0.15, 0.2) is 46.9 Å². The second kappa shape index (κ2) is 5.59. The highest BCUT2D eigenvalue weighted by atomic mass is 32.2. The number of aromatic nitrogens is 2. The van der Waals surface area contributed by atoms with Crippen LogP contribution in [0.25, 0.3) is 10.2 Å². The predicted octanol–water partition coefficient (Wildman–Crippen LogP) is 4.03. The fourth-order valence-electron chi connectivity index (χ4n) is 1.72. The van der Waals surface area contributed by atoms with Gasteiger partial charge in [-0.3, -0.25) is 0 Å². The number of pyridine rings is 1. The maximum absolute atomic E-state index is 4.61. The fourth-order valence-corrected chi connectivity index (χ4v) is 3.72. The number of nitrogens with one attached hydrogen (secondary N) is 1. The van der Waals surface area contributed by atoms with Crippen molar-refractivity contribution < 1.29 is 0 Å². The molecule has 0 aliphatic heterocycles. The normalized spacial score (nSPS) is 10.8. The maximum Gasteiger partial charge on any atom is 0.151 e. The van der Waals surface area contributed by atoms with Crippen LogP contribution in [0.5, 0.6) is 0 Å². The van der Waals surface area contributed by atoms with Gasteiger partial charge in [0.2, 0.25) is 0 Å². The Hall–Kier alpha value is -1.59. The number of hydrogen-bond donors (Lipinski definition) is 1. The van der Waals surface area contributed by atoms with Gasteiger partial charge in [-0.15, -0.1) is 11.3 Å². The maximum atomic E-state index is 4.61. The van der Waals surface area contributed by atoms with Crippen LogP contribution in [-0.4, -0.2) is 17.0 Å². The van der Waals surface area contributed by atoms with Crippen LogP contribution in [0.2, 0.25) is 0 Å². The van der Waals surface area contributed by atoms with Crippen LogP contribution in [-0.2, 0) is 5.75 Å². The highest BCUT2D eigenvalue weighted by molar-refractivity contribution is 8.00. The minimum atomic E-state index is 0.897.